The first-order valence-electron chi connectivity index (χ1n) is 8.76. The number of hydrogen-bond acceptors (Lipinski definition) is 4. The summed E-state index contributed by atoms with van der Waals surface area (Å²) in [6, 6.07) is 13.0. The predicted molar refractivity (Wildman–Crippen MR) is 99.4 cm³/mol. The van der Waals surface area contributed by atoms with Crippen LogP contribution in [0.25, 0.3) is 11.1 Å². The molecule has 2 heterocycles. The molecule has 0 radical (unpaired) electrons. The van der Waals surface area contributed by atoms with E-state index in [9.17, 15) is 0 Å². The fourth-order valence-corrected chi connectivity index (χ4v) is 2.91. The van der Waals surface area contributed by atoms with Crippen LogP contribution in [0.5, 0.6) is 0 Å². The van der Waals surface area contributed by atoms with E-state index in [1.165, 1.54) is 17.5 Å². The standard InChI is InChI=1S/C20H27N3O/c1-23(2)12-11-16-5-7-17(8-6-16)18-9-10-20(21-14-18)22-15-19-4-3-13-24-19/h5-10,14,19H,3-4,11-13,15H2,1-2H3,(H,21,22). The molecule has 4 nitrogen and oxygen atoms in total. The van der Waals surface area contributed by atoms with Gasteiger partial charge >= 0.3 is 0 Å². The molecule has 3 rings (SSSR count). The highest BCUT2D eigenvalue weighted by molar-refractivity contribution is 5.64. The van der Waals surface area contributed by atoms with Gasteiger partial charge in [-0.1, -0.05) is 24.3 Å². The normalized spacial score (nSPS) is 17.4. The molecule has 1 N–H and O–H groups in total. The highest BCUT2D eigenvalue weighted by Gasteiger charge is 2.14. The summed E-state index contributed by atoms with van der Waals surface area (Å²) < 4.78 is 5.62. The Hall–Kier alpha value is -1.91. The number of nitrogens with one attached hydrogen (secondary N) is 1. The molecule has 1 aromatic heterocycles. The van der Waals surface area contributed by atoms with Crippen molar-refractivity contribution in [2.45, 2.75) is 25.4 Å². The predicted octanol–water partition coefficient (Wildman–Crippen LogP) is 3.44. The molecule has 0 bridgehead atoms. The zero-order valence-corrected chi connectivity index (χ0v) is 14.7. The van der Waals surface area contributed by atoms with Gasteiger partial charge in [-0.2, -0.15) is 0 Å². The van der Waals surface area contributed by atoms with E-state index in [-0.39, 0.29) is 0 Å². The maximum Gasteiger partial charge on any atom is 0.126 e. The van der Waals surface area contributed by atoms with E-state index < -0.39 is 0 Å². The fourth-order valence-electron chi connectivity index (χ4n) is 2.91. The maximum atomic E-state index is 5.62. The van der Waals surface area contributed by atoms with Crippen LogP contribution in [-0.2, 0) is 11.2 Å². The van der Waals surface area contributed by atoms with Crippen LogP contribution in [0.3, 0.4) is 0 Å². The summed E-state index contributed by atoms with van der Waals surface area (Å²) in [7, 11) is 4.21. The molecule has 2 aromatic rings. The summed E-state index contributed by atoms with van der Waals surface area (Å²) >= 11 is 0. The Morgan fingerprint density at radius 3 is 2.54 bits per heavy atom. The first-order chi connectivity index (χ1) is 11.7. The minimum Gasteiger partial charge on any atom is -0.376 e. The van der Waals surface area contributed by atoms with Gasteiger partial charge in [0.15, 0.2) is 0 Å². The lowest BCUT2D eigenvalue weighted by Gasteiger charge is -2.12. The lowest BCUT2D eigenvalue weighted by Crippen LogP contribution is -2.18. The van der Waals surface area contributed by atoms with Gasteiger partial charge in [-0.25, -0.2) is 4.98 Å². The molecule has 1 atom stereocenters. The van der Waals surface area contributed by atoms with E-state index in [1.807, 2.05) is 12.3 Å². The quantitative estimate of drug-likeness (QED) is 0.846. The number of nitrogens with zero attached hydrogens (tertiary/aromatic N) is 2. The number of hydrogen-bond donors (Lipinski definition) is 1. The summed E-state index contributed by atoms with van der Waals surface area (Å²) in [6.07, 6.45) is 5.67. The van der Waals surface area contributed by atoms with Gasteiger partial charge in [0.25, 0.3) is 0 Å². The highest BCUT2D eigenvalue weighted by Crippen LogP contribution is 2.21. The molecule has 0 amide bonds. The molecule has 0 saturated carbocycles. The summed E-state index contributed by atoms with van der Waals surface area (Å²) in [6.45, 7) is 2.81. The Morgan fingerprint density at radius 2 is 1.92 bits per heavy atom. The third kappa shape index (κ3) is 4.79. The van der Waals surface area contributed by atoms with Crippen molar-refractivity contribution in [3.8, 4) is 11.1 Å². The molecular weight excluding hydrogens is 298 g/mol. The number of anilines is 1. The topological polar surface area (TPSA) is 37.4 Å². The molecule has 1 unspecified atom stereocenters. The van der Waals surface area contributed by atoms with Crippen molar-refractivity contribution in [1.82, 2.24) is 9.88 Å². The SMILES string of the molecule is CN(C)CCc1ccc(-c2ccc(NCC3CCCO3)nc2)cc1. The highest BCUT2D eigenvalue weighted by atomic mass is 16.5. The number of ether oxygens (including phenoxy) is 1. The van der Waals surface area contributed by atoms with Crippen LogP contribution in [0.15, 0.2) is 42.6 Å². The van der Waals surface area contributed by atoms with E-state index in [4.69, 9.17) is 4.74 Å². The van der Waals surface area contributed by atoms with Gasteiger partial charge < -0.3 is 15.0 Å². The van der Waals surface area contributed by atoms with Crippen molar-refractivity contribution in [2.75, 3.05) is 39.1 Å². The van der Waals surface area contributed by atoms with Gasteiger partial charge in [-0.05, 0) is 56.6 Å². The lowest BCUT2D eigenvalue weighted by atomic mass is 10.0. The molecule has 1 saturated heterocycles. The van der Waals surface area contributed by atoms with Crippen molar-refractivity contribution in [3.05, 3.63) is 48.2 Å². The van der Waals surface area contributed by atoms with Crippen molar-refractivity contribution in [3.63, 3.8) is 0 Å². The van der Waals surface area contributed by atoms with Crippen molar-refractivity contribution in [1.29, 1.82) is 0 Å². The molecule has 4 heteroatoms. The van der Waals surface area contributed by atoms with Gasteiger partial charge in [0.2, 0.25) is 0 Å². The van der Waals surface area contributed by atoms with E-state index in [0.717, 1.165) is 43.9 Å². The molecule has 0 aliphatic carbocycles. The molecule has 1 fully saturated rings. The number of likely N-dealkylation sites (N-methyl/N-ethyl adjacent to an activating group) is 1. The Morgan fingerprint density at radius 1 is 1.12 bits per heavy atom. The van der Waals surface area contributed by atoms with E-state index in [1.54, 1.807) is 0 Å². The number of rotatable bonds is 7. The molecule has 0 spiro atoms. The third-order valence-electron chi connectivity index (χ3n) is 4.43. The second-order valence-corrected chi connectivity index (χ2v) is 6.70. The number of pyridine rings is 1. The van der Waals surface area contributed by atoms with Crippen LogP contribution in [-0.4, -0.2) is 49.8 Å². The second kappa shape index (κ2) is 8.27. The van der Waals surface area contributed by atoms with Gasteiger partial charge in [0.1, 0.15) is 5.82 Å². The zero-order valence-electron chi connectivity index (χ0n) is 14.7. The van der Waals surface area contributed by atoms with Crippen LogP contribution in [0.4, 0.5) is 5.82 Å². The molecule has 24 heavy (non-hydrogen) atoms. The average molecular weight is 325 g/mol. The van der Waals surface area contributed by atoms with E-state index in [2.05, 4.69) is 59.6 Å². The minimum absolute atomic E-state index is 0.334. The van der Waals surface area contributed by atoms with Crippen molar-refractivity contribution in [2.24, 2.45) is 0 Å². The first-order valence-corrected chi connectivity index (χ1v) is 8.76. The monoisotopic (exact) mass is 325 g/mol. The molecule has 1 aliphatic rings. The van der Waals surface area contributed by atoms with Gasteiger partial charge in [0, 0.05) is 31.5 Å². The van der Waals surface area contributed by atoms with E-state index >= 15 is 0 Å². The lowest BCUT2D eigenvalue weighted by molar-refractivity contribution is 0.120. The van der Waals surface area contributed by atoms with Gasteiger partial charge in [-0.15, -0.1) is 0 Å². The Bertz CT molecular complexity index is 616. The van der Waals surface area contributed by atoms with Gasteiger partial charge in [-0.3, -0.25) is 0 Å². The molecule has 128 valence electrons. The second-order valence-electron chi connectivity index (χ2n) is 6.70. The Labute approximate surface area is 144 Å². The van der Waals surface area contributed by atoms with Crippen molar-refractivity contribution >= 4 is 5.82 Å². The summed E-state index contributed by atoms with van der Waals surface area (Å²) in [5.74, 6) is 0.914. The van der Waals surface area contributed by atoms with Crippen LogP contribution < -0.4 is 5.32 Å². The summed E-state index contributed by atoms with van der Waals surface area (Å²) in [4.78, 5) is 6.73. The van der Waals surface area contributed by atoms with Crippen LogP contribution >= 0.6 is 0 Å². The summed E-state index contributed by atoms with van der Waals surface area (Å²) in [5, 5.41) is 3.36. The maximum absolute atomic E-state index is 5.62. The molecular formula is C20H27N3O. The van der Waals surface area contributed by atoms with Crippen LogP contribution in [0, 0.1) is 0 Å². The molecule has 1 aromatic carbocycles. The molecule has 1 aliphatic heterocycles. The van der Waals surface area contributed by atoms with Crippen molar-refractivity contribution < 1.29 is 4.74 Å². The Kier molecular flexibility index (Phi) is 5.83. The largest absolute Gasteiger partial charge is 0.376 e. The Balaban J connectivity index is 1.56. The first kappa shape index (κ1) is 16.9. The minimum atomic E-state index is 0.334. The van der Waals surface area contributed by atoms with Crippen LogP contribution in [0.2, 0.25) is 0 Å². The smallest absolute Gasteiger partial charge is 0.126 e. The van der Waals surface area contributed by atoms with E-state index in [0.29, 0.717) is 6.10 Å². The number of aromatic nitrogens is 1. The van der Waals surface area contributed by atoms with Crippen LogP contribution in [0.1, 0.15) is 18.4 Å². The summed E-state index contributed by atoms with van der Waals surface area (Å²) in [5.41, 5.74) is 3.73. The third-order valence-corrected chi connectivity index (χ3v) is 4.43. The van der Waals surface area contributed by atoms with Gasteiger partial charge in [0.05, 0.1) is 6.10 Å². The average Bonchev–Trinajstić information content (AvgIpc) is 3.13. The fraction of sp³-hybridized carbons (Fsp3) is 0.450. The number of benzene rings is 1. The zero-order chi connectivity index (χ0) is 16.8.